The fraction of sp³-hybridized carbons (Fsp3) is 0.565. The van der Waals surface area contributed by atoms with E-state index in [2.05, 4.69) is 31.7 Å². The van der Waals surface area contributed by atoms with Crippen LogP contribution in [0.2, 0.25) is 0 Å². The molecule has 1 aromatic carbocycles. The number of hydrogen-bond donors (Lipinski definition) is 6. The third-order valence-corrected chi connectivity index (χ3v) is 5.59. The fourth-order valence-corrected chi connectivity index (χ4v) is 3.74. The Morgan fingerprint density at radius 3 is 2.83 bits per heavy atom. The number of aliphatic carboxylic acids is 1. The van der Waals surface area contributed by atoms with E-state index in [4.69, 9.17) is 9.57 Å². The molecule has 0 aliphatic carbocycles. The molecule has 12 heteroatoms. The molecular formula is C23H34N6O6. The lowest BCUT2D eigenvalue weighted by molar-refractivity contribution is -0.139. The molecule has 6 N–H and O–H groups in total. The summed E-state index contributed by atoms with van der Waals surface area (Å²) in [6, 6.07) is 7.55. The zero-order valence-corrected chi connectivity index (χ0v) is 19.6. The highest BCUT2D eigenvalue weighted by Crippen LogP contribution is 2.17. The van der Waals surface area contributed by atoms with Crippen LogP contribution in [0.15, 0.2) is 35.3 Å². The van der Waals surface area contributed by atoms with E-state index in [0.29, 0.717) is 6.42 Å². The van der Waals surface area contributed by atoms with Crippen molar-refractivity contribution in [3.05, 3.63) is 35.9 Å². The average Bonchev–Trinajstić information content (AvgIpc) is 3.31. The van der Waals surface area contributed by atoms with E-state index in [9.17, 15) is 19.5 Å². The second-order valence-electron chi connectivity index (χ2n) is 8.47. The molecule has 4 atom stereocenters. The van der Waals surface area contributed by atoms with Crippen molar-refractivity contribution in [1.29, 1.82) is 0 Å². The van der Waals surface area contributed by atoms with Gasteiger partial charge in [0.25, 0.3) is 0 Å². The molecule has 2 aliphatic rings. The van der Waals surface area contributed by atoms with Crippen LogP contribution in [-0.2, 0) is 25.8 Å². The number of rotatable bonds is 13. The molecule has 1 aromatic rings. The first-order valence-corrected chi connectivity index (χ1v) is 11.9. The molecule has 1 saturated heterocycles. The monoisotopic (exact) mass is 490 g/mol. The third kappa shape index (κ3) is 9.99. The Labute approximate surface area is 204 Å². The molecule has 1 fully saturated rings. The minimum absolute atomic E-state index is 0.00485. The van der Waals surface area contributed by atoms with Crippen molar-refractivity contribution in [2.24, 2.45) is 4.99 Å². The predicted octanol–water partition coefficient (Wildman–Crippen LogP) is 0.252. The lowest BCUT2D eigenvalue weighted by Crippen LogP contribution is -2.49. The highest BCUT2D eigenvalue weighted by molar-refractivity contribution is 5.82. The first kappa shape index (κ1) is 26.5. The van der Waals surface area contributed by atoms with Gasteiger partial charge in [0.15, 0.2) is 6.29 Å². The number of carbonyl (C=O) groups is 3. The summed E-state index contributed by atoms with van der Waals surface area (Å²) in [7, 11) is 0. The van der Waals surface area contributed by atoms with Gasteiger partial charge in [0.2, 0.25) is 5.91 Å². The van der Waals surface area contributed by atoms with Crippen LogP contribution in [0.5, 0.6) is 0 Å². The maximum Gasteiger partial charge on any atom is 0.408 e. The normalized spacial score (nSPS) is 22.3. The number of aliphatic imine (C=N–C) groups is 1. The van der Waals surface area contributed by atoms with E-state index in [1.54, 1.807) is 24.3 Å². The molecule has 3 rings (SSSR count). The van der Waals surface area contributed by atoms with Gasteiger partial charge in [0.05, 0.1) is 6.10 Å². The summed E-state index contributed by atoms with van der Waals surface area (Å²) >= 11 is 0. The summed E-state index contributed by atoms with van der Waals surface area (Å²) < 4.78 is 5.04. The summed E-state index contributed by atoms with van der Waals surface area (Å²) in [5.41, 5.74) is 3.66. The van der Waals surface area contributed by atoms with Gasteiger partial charge in [-0.15, -0.1) is 0 Å². The van der Waals surface area contributed by atoms with E-state index >= 15 is 0 Å². The van der Waals surface area contributed by atoms with Crippen LogP contribution in [0.1, 0.15) is 37.7 Å². The van der Waals surface area contributed by atoms with Crippen molar-refractivity contribution in [1.82, 2.24) is 26.7 Å². The van der Waals surface area contributed by atoms with Crippen LogP contribution >= 0.6 is 0 Å². The molecule has 0 spiro atoms. The smallest absolute Gasteiger partial charge is 0.408 e. The zero-order chi connectivity index (χ0) is 24.9. The number of carboxylic acid groups (broad SMARTS) is 1. The molecule has 35 heavy (non-hydrogen) atoms. The molecule has 0 aromatic heterocycles. The van der Waals surface area contributed by atoms with Gasteiger partial charge in [-0.2, -0.15) is 5.48 Å². The Hall–Kier alpha value is -3.06. The van der Waals surface area contributed by atoms with Crippen LogP contribution in [0.4, 0.5) is 4.79 Å². The van der Waals surface area contributed by atoms with Gasteiger partial charge in [-0.25, -0.2) is 9.59 Å². The Morgan fingerprint density at radius 1 is 1.26 bits per heavy atom. The summed E-state index contributed by atoms with van der Waals surface area (Å²) in [4.78, 5) is 45.6. The van der Waals surface area contributed by atoms with Crippen LogP contribution in [0, 0.1) is 0 Å². The van der Waals surface area contributed by atoms with E-state index in [0.717, 1.165) is 37.9 Å². The van der Waals surface area contributed by atoms with Gasteiger partial charge in [-0.1, -0.05) is 30.3 Å². The summed E-state index contributed by atoms with van der Waals surface area (Å²) in [5, 5.41) is 20.8. The highest BCUT2D eigenvalue weighted by Gasteiger charge is 2.28. The Balaban J connectivity index is 1.28. The van der Waals surface area contributed by atoms with Gasteiger partial charge >= 0.3 is 12.1 Å². The van der Waals surface area contributed by atoms with Gasteiger partial charge in [0.1, 0.15) is 12.6 Å². The molecule has 0 radical (unpaired) electrons. The minimum Gasteiger partial charge on any atom is -0.480 e. The third-order valence-electron chi connectivity index (χ3n) is 5.59. The first-order chi connectivity index (χ1) is 17.0. The van der Waals surface area contributed by atoms with Crippen molar-refractivity contribution in [3.8, 4) is 0 Å². The molecule has 0 bridgehead atoms. The fourth-order valence-electron chi connectivity index (χ4n) is 3.74. The maximum absolute atomic E-state index is 12.3. The number of hydrogen-bond acceptors (Lipinski definition) is 9. The summed E-state index contributed by atoms with van der Waals surface area (Å²) in [6.07, 6.45) is 4.53. The van der Waals surface area contributed by atoms with Crippen molar-refractivity contribution in [2.45, 2.75) is 63.2 Å². The van der Waals surface area contributed by atoms with E-state index < -0.39 is 18.1 Å². The standard InChI is InChI=1S/C23H34N6O6/c30-20(13-17-12-18(35-29-17)8-4-9-24-22-25-10-5-11-26-22)27-14-19(21(31)32)28-23(33)34-15-16-6-2-1-3-7-16/h1-3,6-7,10,17-19,22,24,26,29H,4-5,8-9,11-15H2,(H,27,30)(H,28,33)(H,31,32). The number of ether oxygens (including phenoxy) is 1. The number of benzene rings is 1. The number of hydroxylamine groups is 1. The molecule has 192 valence electrons. The SMILES string of the molecule is O=C(CC1CC(CCCNC2N=CCCN2)ON1)NCC(NC(=O)OCc1ccccc1)C(=O)O. The van der Waals surface area contributed by atoms with Crippen LogP contribution in [0.25, 0.3) is 0 Å². The Kier molecular flexibility index (Phi) is 10.9. The molecule has 2 amide bonds. The molecule has 2 heterocycles. The Bertz CT molecular complexity index is 854. The summed E-state index contributed by atoms with van der Waals surface area (Å²) in [6.45, 7) is 1.48. The zero-order valence-electron chi connectivity index (χ0n) is 19.6. The topological polar surface area (TPSA) is 162 Å². The number of amides is 2. The summed E-state index contributed by atoms with van der Waals surface area (Å²) in [5.74, 6) is -1.60. The van der Waals surface area contributed by atoms with Crippen LogP contribution < -0.4 is 26.7 Å². The number of nitrogens with one attached hydrogen (secondary N) is 5. The lowest BCUT2D eigenvalue weighted by atomic mass is 10.0. The van der Waals surface area contributed by atoms with E-state index in [1.807, 2.05) is 12.3 Å². The van der Waals surface area contributed by atoms with Crippen molar-refractivity contribution in [2.75, 3.05) is 19.6 Å². The number of carboxylic acids is 1. The molecule has 2 aliphatic heterocycles. The molecule has 4 unspecified atom stereocenters. The van der Waals surface area contributed by atoms with Gasteiger partial charge < -0.3 is 20.5 Å². The molecule has 0 saturated carbocycles. The van der Waals surface area contributed by atoms with Gasteiger partial charge in [-0.05, 0) is 37.8 Å². The predicted molar refractivity (Wildman–Crippen MR) is 127 cm³/mol. The van der Waals surface area contributed by atoms with Crippen molar-refractivity contribution in [3.63, 3.8) is 0 Å². The number of nitrogens with zero attached hydrogens (tertiary/aromatic N) is 1. The van der Waals surface area contributed by atoms with Gasteiger partial charge in [-0.3, -0.25) is 25.3 Å². The second-order valence-corrected chi connectivity index (χ2v) is 8.47. The van der Waals surface area contributed by atoms with Crippen molar-refractivity contribution < 1.29 is 29.1 Å². The molecular weight excluding hydrogens is 456 g/mol. The van der Waals surface area contributed by atoms with Crippen LogP contribution in [0.3, 0.4) is 0 Å². The minimum atomic E-state index is -1.31. The number of carbonyl (C=O) groups excluding carboxylic acids is 2. The molecule has 12 nitrogen and oxygen atoms in total. The highest BCUT2D eigenvalue weighted by atomic mass is 16.7. The lowest BCUT2D eigenvalue weighted by Gasteiger charge is -2.19. The maximum atomic E-state index is 12.3. The Morgan fingerprint density at radius 2 is 2.09 bits per heavy atom. The second kappa shape index (κ2) is 14.4. The quantitative estimate of drug-likeness (QED) is 0.213. The van der Waals surface area contributed by atoms with E-state index in [-0.39, 0.29) is 43.9 Å². The average molecular weight is 491 g/mol. The van der Waals surface area contributed by atoms with Gasteiger partial charge in [0, 0.05) is 31.8 Å². The van der Waals surface area contributed by atoms with E-state index in [1.165, 1.54) is 0 Å². The number of alkyl carbamates (subject to hydrolysis) is 1. The van der Waals surface area contributed by atoms with Crippen molar-refractivity contribution >= 4 is 24.2 Å². The van der Waals surface area contributed by atoms with Crippen LogP contribution in [-0.4, -0.2) is 73.4 Å². The first-order valence-electron chi connectivity index (χ1n) is 11.9. The largest absolute Gasteiger partial charge is 0.480 e.